The van der Waals surface area contributed by atoms with Gasteiger partial charge in [-0.15, -0.1) is 0 Å². The third kappa shape index (κ3) is 4.58. The van der Waals surface area contributed by atoms with E-state index in [2.05, 4.69) is 4.72 Å². The zero-order valence-corrected chi connectivity index (χ0v) is 20.1. The molecular weight excluding hydrogens is 466 g/mol. The van der Waals surface area contributed by atoms with Crippen molar-refractivity contribution < 1.29 is 22.7 Å². The van der Waals surface area contributed by atoms with Crippen LogP contribution in [0.4, 0.5) is 5.69 Å². The first-order chi connectivity index (χ1) is 15.7. The molecule has 0 radical (unpaired) electrons. The summed E-state index contributed by atoms with van der Waals surface area (Å²) < 4.78 is 31.8. The quantitative estimate of drug-likeness (QED) is 0.693. The van der Waals surface area contributed by atoms with Crippen molar-refractivity contribution in [2.24, 2.45) is 5.92 Å². The van der Waals surface area contributed by atoms with Crippen molar-refractivity contribution in [2.45, 2.75) is 24.2 Å². The average molecular weight is 492 g/mol. The number of benzene rings is 2. The molecule has 0 saturated carbocycles. The molecule has 2 aromatic rings. The number of ether oxygens (including phenoxy) is 1. The summed E-state index contributed by atoms with van der Waals surface area (Å²) in [5.74, 6) is 0.133. The van der Waals surface area contributed by atoms with Gasteiger partial charge in [-0.2, -0.15) is 0 Å². The molecule has 8 nitrogen and oxygen atoms in total. The lowest BCUT2D eigenvalue weighted by Crippen LogP contribution is -2.44. The number of rotatable bonds is 5. The number of nitrogens with one attached hydrogen (secondary N) is 1. The second kappa shape index (κ2) is 9.32. The molecule has 2 amide bonds. The molecule has 2 aliphatic heterocycles. The number of carbonyl (C=O) groups excluding carboxylic acids is 2. The van der Waals surface area contributed by atoms with Crippen LogP contribution in [-0.2, 0) is 21.2 Å². The molecule has 176 valence electrons. The van der Waals surface area contributed by atoms with E-state index in [4.69, 9.17) is 16.3 Å². The van der Waals surface area contributed by atoms with Crippen LogP contribution in [0.5, 0.6) is 5.75 Å². The maximum absolute atomic E-state index is 13.2. The highest BCUT2D eigenvalue weighted by molar-refractivity contribution is 7.89. The second-order valence-electron chi connectivity index (χ2n) is 8.15. The molecule has 0 spiro atoms. The molecule has 0 unspecified atom stereocenters. The van der Waals surface area contributed by atoms with E-state index in [0.717, 1.165) is 11.3 Å². The van der Waals surface area contributed by atoms with Crippen LogP contribution < -0.4 is 14.4 Å². The Labute approximate surface area is 198 Å². The SMILES string of the molecule is CNS(=O)(=O)c1ccc2c(c1)CCN2C(=O)C1CCN(C(=O)c2cc(Cl)ccc2OC)CC1. The molecule has 0 aliphatic carbocycles. The molecule has 2 aromatic carbocycles. The van der Waals surface area contributed by atoms with Crippen LogP contribution in [-0.4, -0.2) is 58.9 Å². The Morgan fingerprint density at radius 2 is 1.82 bits per heavy atom. The predicted molar refractivity (Wildman–Crippen MR) is 125 cm³/mol. The summed E-state index contributed by atoms with van der Waals surface area (Å²) in [4.78, 5) is 29.9. The monoisotopic (exact) mass is 491 g/mol. The average Bonchev–Trinajstić information content (AvgIpc) is 3.26. The topological polar surface area (TPSA) is 96.0 Å². The molecule has 1 saturated heterocycles. The lowest BCUT2D eigenvalue weighted by molar-refractivity contribution is -0.123. The Balaban J connectivity index is 1.43. The van der Waals surface area contributed by atoms with E-state index >= 15 is 0 Å². The van der Waals surface area contributed by atoms with Gasteiger partial charge in [0.15, 0.2) is 0 Å². The Morgan fingerprint density at radius 3 is 2.48 bits per heavy atom. The number of methoxy groups -OCH3 is 1. The van der Waals surface area contributed by atoms with Crippen LogP contribution in [0, 0.1) is 5.92 Å². The molecule has 2 heterocycles. The van der Waals surface area contributed by atoms with Crippen molar-refractivity contribution in [3.05, 3.63) is 52.5 Å². The van der Waals surface area contributed by atoms with Gasteiger partial charge in [-0.25, -0.2) is 13.1 Å². The molecule has 0 aromatic heterocycles. The minimum absolute atomic E-state index is 0.0189. The van der Waals surface area contributed by atoms with Gasteiger partial charge >= 0.3 is 0 Å². The van der Waals surface area contributed by atoms with Gasteiger partial charge in [-0.3, -0.25) is 9.59 Å². The van der Waals surface area contributed by atoms with Crippen LogP contribution in [0.15, 0.2) is 41.3 Å². The van der Waals surface area contributed by atoms with Gasteiger partial charge in [0.25, 0.3) is 5.91 Å². The summed E-state index contributed by atoms with van der Waals surface area (Å²) in [6, 6.07) is 9.80. The zero-order chi connectivity index (χ0) is 23.8. The number of nitrogens with zero attached hydrogens (tertiary/aromatic N) is 2. The van der Waals surface area contributed by atoms with E-state index in [9.17, 15) is 18.0 Å². The summed E-state index contributed by atoms with van der Waals surface area (Å²) >= 11 is 6.07. The van der Waals surface area contributed by atoms with E-state index < -0.39 is 10.0 Å². The highest BCUT2D eigenvalue weighted by atomic mass is 35.5. The minimum atomic E-state index is -3.53. The molecule has 0 atom stereocenters. The molecule has 1 N–H and O–H groups in total. The van der Waals surface area contributed by atoms with Crippen molar-refractivity contribution in [2.75, 3.05) is 38.7 Å². The van der Waals surface area contributed by atoms with E-state index in [1.165, 1.54) is 20.2 Å². The van der Waals surface area contributed by atoms with Crippen molar-refractivity contribution in [3.8, 4) is 5.75 Å². The fourth-order valence-corrected chi connectivity index (χ4v) is 5.41. The number of hydrogen-bond acceptors (Lipinski definition) is 5. The van der Waals surface area contributed by atoms with Crippen molar-refractivity contribution >= 4 is 39.1 Å². The van der Waals surface area contributed by atoms with Crippen LogP contribution >= 0.6 is 11.6 Å². The number of likely N-dealkylation sites (tertiary alicyclic amines) is 1. The largest absolute Gasteiger partial charge is 0.496 e. The van der Waals surface area contributed by atoms with E-state index in [1.807, 2.05) is 0 Å². The summed E-state index contributed by atoms with van der Waals surface area (Å²) in [5, 5.41) is 0.461. The van der Waals surface area contributed by atoms with Gasteiger partial charge in [0.2, 0.25) is 15.9 Å². The van der Waals surface area contributed by atoms with Crippen LogP contribution in [0.2, 0.25) is 5.02 Å². The van der Waals surface area contributed by atoms with E-state index in [1.54, 1.807) is 40.1 Å². The van der Waals surface area contributed by atoms with E-state index in [-0.39, 0.29) is 22.6 Å². The molecule has 10 heteroatoms. The van der Waals surface area contributed by atoms with Crippen molar-refractivity contribution in [1.29, 1.82) is 0 Å². The molecule has 1 fully saturated rings. The third-order valence-electron chi connectivity index (χ3n) is 6.31. The van der Waals surface area contributed by atoms with Gasteiger partial charge in [0.05, 0.1) is 17.6 Å². The van der Waals surface area contributed by atoms with Crippen LogP contribution in [0.1, 0.15) is 28.8 Å². The number of fused-ring (bicyclic) bond motifs is 1. The molecule has 2 aliphatic rings. The maximum atomic E-state index is 13.2. The Morgan fingerprint density at radius 1 is 1.09 bits per heavy atom. The zero-order valence-electron chi connectivity index (χ0n) is 18.5. The Bertz CT molecular complexity index is 1190. The lowest BCUT2D eigenvalue weighted by Gasteiger charge is -2.33. The second-order valence-corrected chi connectivity index (χ2v) is 10.5. The molecule has 0 bridgehead atoms. The number of sulfonamides is 1. The van der Waals surface area contributed by atoms with Gasteiger partial charge in [0.1, 0.15) is 5.75 Å². The number of amides is 2. The van der Waals surface area contributed by atoms with E-state index in [0.29, 0.717) is 55.2 Å². The number of carbonyl (C=O) groups is 2. The van der Waals surface area contributed by atoms with Gasteiger partial charge < -0.3 is 14.5 Å². The summed E-state index contributed by atoms with van der Waals surface area (Å²) in [7, 11) is -0.648. The number of anilines is 1. The number of halogens is 1. The number of piperidine rings is 1. The van der Waals surface area contributed by atoms with Gasteiger partial charge in [0, 0.05) is 36.3 Å². The third-order valence-corrected chi connectivity index (χ3v) is 7.96. The maximum Gasteiger partial charge on any atom is 0.257 e. The van der Waals surface area contributed by atoms with Crippen LogP contribution in [0.25, 0.3) is 0 Å². The first kappa shape index (κ1) is 23.5. The fourth-order valence-electron chi connectivity index (χ4n) is 4.46. The summed E-state index contributed by atoms with van der Waals surface area (Å²) in [6.07, 6.45) is 1.73. The molecule has 33 heavy (non-hydrogen) atoms. The first-order valence-corrected chi connectivity index (χ1v) is 12.6. The van der Waals surface area contributed by atoms with Gasteiger partial charge in [-0.1, -0.05) is 11.6 Å². The van der Waals surface area contributed by atoms with Crippen molar-refractivity contribution in [1.82, 2.24) is 9.62 Å². The summed E-state index contributed by atoms with van der Waals surface area (Å²) in [5.41, 5.74) is 2.02. The van der Waals surface area contributed by atoms with Crippen LogP contribution in [0.3, 0.4) is 0 Å². The lowest BCUT2D eigenvalue weighted by atomic mass is 9.94. The van der Waals surface area contributed by atoms with Crippen molar-refractivity contribution in [3.63, 3.8) is 0 Å². The van der Waals surface area contributed by atoms with Gasteiger partial charge in [-0.05, 0) is 68.3 Å². The highest BCUT2D eigenvalue weighted by Crippen LogP contribution is 2.33. The number of hydrogen-bond donors (Lipinski definition) is 1. The Kier molecular flexibility index (Phi) is 6.65. The smallest absolute Gasteiger partial charge is 0.257 e. The Hall–Kier alpha value is -2.62. The highest BCUT2D eigenvalue weighted by Gasteiger charge is 2.34. The molecule has 4 rings (SSSR count). The fraction of sp³-hybridized carbons (Fsp3) is 0.391. The minimum Gasteiger partial charge on any atom is -0.496 e. The first-order valence-electron chi connectivity index (χ1n) is 10.8. The normalized spacial score (nSPS) is 16.6. The predicted octanol–water partition coefficient (Wildman–Crippen LogP) is 2.70. The summed E-state index contributed by atoms with van der Waals surface area (Å²) in [6.45, 7) is 1.45. The molecular formula is C23H26ClN3O5S. The standard InChI is InChI=1S/C23H26ClN3O5S/c1-25-33(30,31)18-4-5-20-16(13-18)9-12-27(20)22(28)15-7-10-26(11-8-15)23(29)19-14-17(24)3-6-21(19)32-2/h3-6,13-15,25H,7-12H2,1-2H3.